The molecule has 18 heavy (non-hydrogen) atoms. The molecule has 5 heteroatoms. The van der Waals surface area contributed by atoms with Crippen LogP contribution in [0.1, 0.15) is 5.56 Å². The van der Waals surface area contributed by atoms with Crippen molar-refractivity contribution in [3.05, 3.63) is 34.3 Å². The minimum atomic E-state index is 0.109. The lowest BCUT2D eigenvalue weighted by molar-refractivity contribution is -0.120. The van der Waals surface area contributed by atoms with E-state index in [4.69, 9.17) is 0 Å². The van der Waals surface area contributed by atoms with Crippen molar-refractivity contribution in [1.29, 1.82) is 0 Å². The van der Waals surface area contributed by atoms with E-state index in [1.54, 1.807) is 0 Å². The first-order chi connectivity index (χ1) is 8.75. The molecule has 0 bridgehead atoms. The topological polar surface area (TPSA) is 29.1 Å². The largest absolute Gasteiger partial charge is 0.355 e. The first kappa shape index (κ1) is 14.3. The van der Waals surface area contributed by atoms with Gasteiger partial charge in [-0.3, -0.25) is 4.79 Å². The average molecular weight is 346 g/mol. The third kappa shape index (κ3) is 4.52. The Morgan fingerprint density at radius 3 is 2.94 bits per heavy atom. The van der Waals surface area contributed by atoms with Crippen LogP contribution in [0.3, 0.4) is 0 Å². The van der Waals surface area contributed by atoms with E-state index >= 15 is 0 Å². The summed E-state index contributed by atoms with van der Waals surface area (Å²) in [6.07, 6.45) is 0.450. The van der Waals surface area contributed by atoms with Crippen molar-refractivity contribution >= 4 is 45.4 Å². The zero-order valence-corrected chi connectivity index (χ0v) is 13.2. The van der Waals surface area contributed by atoms with Gasteiger partial charge in [-0.15, -0.1) is 0 Å². The molecule has 0 radical (unpaired) electrons. The second-order valence-electron chi connectivity index (χ2n) is 4.14. The molecule has 0 aliphatic carbocycles. The molecule has 1 aromatic rings. The molecule has 1 aromatic carbocycles. The molecule has 0 aromatic heterocycles. The van der Waals surface area contributed by atoms with Crippen LogP contribution >= 0.6 is 39.5 Å². The predicted octanol–water partition coefficient (Wildman–Crippen LogP) is 2.96. The van der Waals surface area contributed by atoms with Gasteiger partial charge in [0.15, 0.2) is 0 Å². The fourth-order valence-corrected chi connectivity index (χ4v) is 4.80. The Kier molecular flexibility index (Phi) is 5.92. The zero-order valence-electron chi connectivity index (χ0n) is 10.0. The van der Waals surface area contributed by atoms with Crippen molar-refractivity contribution in [2.24, 2.45) is 0 Å². The Morgan fingerprint density at radius 1 is 1.39 bits per heavy atom. The lowest BCUT2D eigenvalue weighted by atomic mass is 10.1. The van der Waals surface area contributed by atoms with Crippen molar-refractivity contribution in [2.75, 3.05) is 23.8 Å². The molecule has 1 amide bonds. The summed E-state index contributed by atoms with van der Waals surface area (Å²) in [4.78, 5) is 11.9. The average Bonchev–Trinajstić information content (AvgIpc) is 2.40. The first-order valence-electron chi connectivity index (χ1n) is 5.95. The van der Waals surface area contributed by atoms with Crippen LogP contribution in [0, 0.1) is 0 Å². The highest BCUT2D eigenvalue weighted by atomic mass is 79.9. The van der Waals surface area contributed by atoms with Gasteiger partial charge in [-0.05, 0) is 11.6 Å². The SMILES string of the molecule is O=C(Cc1ccccc1Br)NC[C@H]1CSCCS1. The molecule has 1 heterocycles. The predicted molar refractivity (Wildman–Crippen MR) is 84.4 cm³/mol. The number of carbonyl (C=O) groups excluding carboxylic acids is 1. The second-order valence-corrected chi connectivity index (χ2v) is 7.55. The third-order valence-electron chi connectivity index (χ3n) is 2.72. The van der Waals surface area contributed by atoms with Gasteiger partial charge in [-0.2, -0.15) is 23.5 Å². The van der Waals surface area contributed by atoms with E-state index in [1.807, 2.05) is 47.8 Å². The Bertz CT molecular complexity index is 408. The van der Waals surface area contributed by atoms with E-state index < -0.39 is 0 Å². The molecule has 1 aliphatic heterocycles. The van der Waals surface area contributed by atoms with Crippen LogP contribution in [0.5, 0.6) is 0 Å². The minimum absolute atomic E-state index is 0.109. The molecule has 2 nitrogen and oxygen atoms in total. The van der Waals surface area contributed by atoms with Gasteiger partial charge in [0.1, 0.15) is 0 Å². The van der Waals surface area contributed by atoms with Crippen LogP contribution in [0.4, 0.5) is 0 Å². The van der Waals surface area contributed by atoms with E-state index in [9.17, 15) is 4.79 Å². The van der Waals surface area contributed by atoms with Crippen LogP contribution in [0.15, 0.2) is 28.7 Å². The number of hydrogen-bond donors (Lipinski definition) is 1. The van der Waals surface area contributed by atoms with Gasteiger partial charge in [-0.1, -0.05) is 34.1 Å². The molecule has 1 saturated heterocycles. The number of carbonyl (C=O) groups is 1. The molecule has 1 aliphatic rings. The van der Waals surface area contributed by atoms with E-state index in [0.29, 0.717) is 11.7 Å². The highest BCUT2D eigenvalue weighted by Gasteiger charge is 2.15. The minimum Gasteiger partial charge on any atom is -0.355 e. The Balaban J connectivity index is 1.76. The van der Waals surface area contributed by atoms with Crippen LogP contribution in [0.25, 0.3) is 0 Å². The van der Waals surface area contributed by atoms with Crippen LogP contribution in [0.2, 0.25) is 0 Å². The molecule has 0 saturated carbocycles. The van der Waals surface area contributed by atoms with Gasteiger partial charge < -0.3 is 5.32 Å². The van der Waals surface area contributed by atoms with E-state index in [1.165, 1.54) is 11.5 Å². The monoisotopic (exact) mass is 345 g/mol. The summed E-state index contributed by atoms with van der Waals surface area (Å²) < 4.78 is 1.00. The maximum Gasteiger partial charge on any atom is 0.224 e. The number of amides is 1. The second kappa shape index (κ2) is 7.46. The van der Waals surface area contributed by atoms with Crippen molar-refractivity contribution in [1.82, 2.24) is 5.32 Å². The molecule has 1 N–H and O–H groups in total. The van der Waals surface area contributed by atoms with E-state index in [-0.39, 0.29) is 5.91 Å². The Hall–Kier alpha value is -0.130. The van der Waals surface area contributed by atoms with Gasteiger partial charge >= 0.3 is 0 Å². The van der Waals surface area contributed by atoms with Crippen molar-refractivity contribution in [2.45, 2.75) is 11.7 Å². The molecular weight excluding hydrogens is 330 g/mol. The van der Waals surface area contributed by atoms with E-state index in [0.717, 1.165) is 22.3 Å². The number of hydrogen-bond acceptors (Lipinski definition) is 3. The maximum atomic E-state index is 11.9. The molecular formula is C13H16BrNOS2. The maximum absolute atomic E-state index is 11.9. The van der Waals surface area contributed by atoms with E-state index in [2.05, 4.69) is 21.2 Å². The van der Waals surface area contributed by atoms with Gasteiger partial charge in [0.25, 0.3) is 0 Å². The summed E-state index contributed by atoms with van der Waals surface area (Å²) >= 11 is 7.42. The lowest BCUT2D eigenvalue weighted by Crippen LogP contribution is -2.34. The summed E-state index contributed by atoms with van der Waals surface area (Å²) in [5, 5.41) is 3.61. The lowest BCUT2D eigenvalue weighted by Gasteiger charge is -2.21. The molecule has 98 valence electrons. The van der Waals surface area contributed by atoms with Gasteiger partial charge in [0.05, 0.1) is 6.42 Å². The fourth-order valence-electron chi connectivity index (χ4n) is 1.76. The summed E-state index contributed by atoms with van der Waals surface area (Å²) in [6.45, 7) is 0.793. The molecule has 0 unspecified atom stereocenters. The molecule has 2 rings (SSSR count). The Labute approximate surface area is 125 Å². The Morgan fingerprint density at radius 2 is 2.22 bits per heavy atom. The number of thioether (sulfide) groups is 2. The van der Waals surface area contributed by atoms with Crippen LogP contribution in [-0.2, 0) is 11.2 Å². The van der Waals surface area contributed by atoms with Crippen molar-refractivity contribution < 1.29 is 4.79 Å². The smallest absolute Gasteiger partial charge is 0.224 e. The molecule has 1 fully saturated rings. The summed E-state index contributed by atoms with van der Waals surface area (Å²) in [7, 11) is 0. The first-order valence-corrected chi connectivity index (χ1v) is 8.95. The highest BCUT2D eigenvalue weighted by molar-refractivity contribution is 9.10. The zero-order chi connectivity index (χ0) is 12.8. The fraction of sp³-hybridized carbons (Fsp3) is 0.462. The van der Waals surface area contributed by atoms with Crippen LogP contribution < -0.4 is 5.32 Å². The summed E-state index contributed by atoms with van der Waals surface area (Å²) in [5.41, 5.74) is 1.04. The van der Waals surface area contributed by atoms with Gasteiger partial charge in [0.2, 0.25) is 5.91 Å². The van der Waals surface area contributed by atoms with Crippen molar-refractivity contribution in [3.63, 3.8) is 0 Å². The quantitative estimate of drug-likeness (QED) is 0.909. The third-order valence-corrected chi connectivity index (χ3v) is 6.34. The standard InChI is InChI=1S/C13H16BrNOS2/c14-12-4-2-1-3-10(12)7-13(16)15-8-11-9-17-5-6-18-11/h1-4,11H,5-9H2,(H,15,16)/t11-/m0/s1. The number of benzene rings is 1. The van der Waals surface area contributed by atoms with Crippen molar-refractivity contribution in [3.8, 4) is 0 Å². The molecule has 1 atom stereocenters. The van der Waals surface area contributed by atoms with Gasteiger partial charge in [-0.25, -0.2) is 0 Å². The summed E-state index contributed by atoms with van der Waals surface area (Å²) in [5.74, 6) is 3.71. The highest BCUT2D eigenvalue weighted by Crippen LogP contribution is 2.23. The molecule has 0 spiro atoms. The summed E-state index contributed by atoms with van der Waals surface area (Å²) in [6, 6.07) is 7.87. The normalized spacial score (nSPS) is 19.5. The van der Waals surface area contributed by atoms with Crippen LogP contribution in [-0.4, -0.2) is 35.0 Å². The number of nitrogens with one attached hydrogen (secondary N) is 1. The number of halogens is 1. The van der Waals surface area contributed by atoms with Gasteiger partial charge in [0, 0.05) is 33.5 Å². The number of rotatable bonds is 4.